The summed E-state index contributed by atoms with van der Waals surface area (Å²) in [6.45, 7) is 3.31. The van der Waals surface area contributed by atoms with E-state index in [1.165, 1.54) is 0 Å². The van der Waals surface area contributed by atoms with Gasteiger partial charge in [0.15, 0.2) is 5.76 Å². The van der Waals surface area contributed by atoms with Crippen molar-refractivity contribution in [3.8, 4) is 17.6 Å². The zero-order chi connectivity index (χ0) is 18.8. The largest absolute Gasteiger partial charge is 0.491 e. The number of hydrogen-bond acceptors (Lipinski definition) is 7. The van der Waals surface area contributed by atoms with Crippen molar-refractivity contribution in [3.63, 3.8) is 0 Å². The Morgan fingerprint density at radius 3 is 2.77 bits per heavy atom. The molecule has 0 saturated carbocycles. The second-order valence-electron chi connectivity index (χ2n) is 6.06. The SMILES string of the molecule is CC(C)Oc1ccccc1[C@@H]1C(C#N)=C(N)Oc2c1oc(CO)cc2=O. The molecule has 1 aromatic carbocycles. The van der Waals surface area contributed by atoms with Crippen molar-refractivity contribution in [3.05, 3.63) is 69.1 Å². The van der Waals surface area contributed by atoms with Crippen molar-refractivity contribution >= 4 is 0 Å². The molecule has 134 valence electrons. The predicted octanol–water partition coefficient (Wildman–Crippen LogP) is 2.14. The fraction of sp³-hybridized carbons (Fsp3) is 0.263. The van der Waals surface area contributed by atoms with Crippen LogP contribution in [0.1, 0.15) is 36.8 Å². The number of ether oxygens (including phenoxy) is 2. The van der Waals surface area contributed by atoms with Crippen molar-refractivity contribution in [2.75, 3.05) is 0 Å². The molecule has 3 rings (SSSR count). The number of hydrogen-bond donors (Lipinski definition) is 2. The first kappa shape index (κ1) is 17.6. The van der Waals surface area contributed by atoms with Crippen LogP contribution in [0, 0.1) is 11.3 Å². The number of rotatable bonds is 4. The summed E-state index contributed by atoms with van der Waals surface area (Å²) in [6, 6.07) is 10.3. The quantitative estimate of drug-likeness (QED) is 0.863. The smallest absolute Gasteiger partial charge is 0.228 e. The first-order valence-corrected chi connectivity index (χ1v) is 8.07. The third-order valence-electron chi connectivity index (χ3n) is 3.88. The van der Waals surface area contributed by atoms with Crippen molar-refractivity contribution in [1.82, 2.24) is 0 Å². The first-order chi connectivity index (χ1) is 12.5. The van der Waals surface area contributed by atoms with Gasteiger partial charge in [0, 0.05) is 11.6 Å². The maximum atomic E-state index is 12.3. The average Bonchev–Trinajstić information content (AvgIpc) is 2.61. The number of fused-ring (bicyclic) bond motifs is 1. The van der Waals surface area contributed by atoms with Gasteiger partial charge in [-0.1, -0.05) is 18.2 Å². The molecule has 1 aromatic heterocycles. The van der Waals surface area contributed by atoms with Crippen LogP contribution < -0.4 is 20.6 Å². The van der Waals surface area contributed by atoms with E-state index in [-0.39, 0.29) is 34.8 Å². The van der Waals surface area contributed by atoms with E-state index in [0.29, 0.717) is 11.3 Å². The highest BCUT2D eigenvalue weighted by Crippen LogP contribution is 2.44. The Bertz CT molecular complexity index is 969. The third kappa shape index (κ3) is 3.03. The van der Waals surface area contributed by atoms with Crippen molar-refractivity contribution in [2.24, 2.45) is 5.73 Å². The number of nitrogens with zero attached hydrogens (tertiary/aromatic N) is 1. The lowest BCUT2D eigenvalue weighted by atomic mass is 9.87. The van der Waals surface area contributed by atoms with E-state index >= 15 is 0 Å². The molecule has 26 heavy (non-hydrogen) atoms. The van der Waals surface area contributed by atoms with Crippen molar-refractivity contribution in [2.45, 2.75) is 32.5 Å². The van der Waals surface area contributed by atoms with Gasteiger partial charge in [0.2, 0.25) is 17.1 Å². The summed E-state index contributed by atoms with van der Waals surface area (Å²) in [5.74, 6) is -0.304. The Morgan fingerprint density at radius 1 is 1.38 bits per heavy atom. The fourth-order valence-corrected chi connectivity index (χ4v) is 2.85. The van der Waals surface area contributed by atoms with Gasteiger partial charge in [-0.05, 0) is 19.9 Å². The standard InChI is InChI=1S/C19H18N2O5/c1-10(2)24-15-6-4-3-5-12(15)16-13(8-20)19(21)26-17-14(23)7-11(9-22)25-18(16)17/h3-7,10,16,22H,9,21H2,1-2H3/t16-/m1/s1. The van der Waals surface area contributed by atoms with E-state index in [1.54, 1.807) is 24.3 Å². The molecule has 0 aliphatic carbocycles. The predicted molar refractivity (Wildman–Crippen MR) is 92.4 cm³/mol. The van der Waals surface area contributed by atoms with E-state index < -0.39 is 18.0 Å². The summed E-state index contributed by atoms with van der Waals surface area (Å²) in [5, 5.41) is 19.0. The number of allylic oxidation sites excluding steroid dienone is 1. The van der Waals surface area contributed by atoms with Gasteiger partial charge >= 0.3 is 0 Å². The van der Waals surface area contributed by atoms with E-state index in [1.807, 2.05) is 19.9 Å². The zero-order valence-electron chi connectivity index (χ0n) is 14.4. The van der Waals surface area contributed by atoms with Gasteiger partial charge in [-0.2, -0.15) is 5.26 Å². The molecule has 1 aliphatic heterocycles. The van der Waals surface area contributed by atoms with E-state index in [2.05, 4.69) is 0 Å². The Kier molecular flexibility index (Phi) is 4.69. The van der Waals surface area contributed by atoms with Gasteiger partial charge < -0.3 is 24.7 Å². The molecule has 3 N–H and O–H groups in total. The molecular weight excluding hydrogens is 336 g/mol. The second-order valence-corrected chi connectivity index (χ2v) is 6.06. The molecule has 0 bridgehead atoms. The highest BCUT2D eigenvalue weighted by molar-refractivity contribution is 5.55. The van der Waals surface area contributed by atoms with Gasteiger partial charge in [0.05, 0.1) is 12.0 Å². The van der Waals surface area contributed by atoms with Crippen LogP contribution in [0.3, 0.4) is 0 Å². The summed E-state index contributed by atoms with van der Waals surface area (Å²) in [6.07, 6.45) is -0.0990. The van der Waals surface area contributed by atoms with E-state index in [0.717, 1.165) is 6.07 Å². The number of nitrogens with two attached hydrogens (primary N) is 1. The Labute approximate surface area is 149 Å². The molecule has 2 aromatic rings. The maximum absolute atomic E-state index is 12.3. The zero-order valence-corrected chi connectivity index (χ0v) is 14.4. The number of nitriles is 1. The summed E-state index contributed by atoms with van der Waals surface area (Å²) >= 11 is 0. The van der Waals surface area contributed by atoms with Crippen molar-refractivity contribution in [1.29, 1.82) is 5.26 Å². The highest BCUT2D eigenvalue weighted by atomic mass is 16.5. The van der Waals surface area contributed by atoms with Crippen LogP contribution >= 0.6 is 0 Å². The summed E-state index contributed by atoms with van der Waals surface area (Å²) in [7, 11) is 0. The number of para-hydroxylation sites is 1. The van der Waals surface area contributed by atoms with E-state index in [4.69, 9.17) is 19.6 Å². The van der Waals surface area contributed by atoms with Crippen LogP contribution in [0.4, 0.5) is 0 Å². The number of benzene rings is 1. The van der Waals surface area contributed by atoms with Gasteiger partial charge in [-0.15, -0.1) is 0 Å². The highest BCUT2D eigenvalue weighted by Gasteiger charge is 2.36. The minimum absolute atomic E-state index is 0.0716. The van der Waals surface area contributed by atoms with Gasteiger partial charge in [-0.3, -0.25) is 4.79 Å². The second kappa shape index (κ2) is 6.94. The van der Waals surface area contributed by atoms with Crippen LogP contribution in [0.5, 0.6) is 11.5 Å². The van der Waals surface area contributed by atoms with Crippen LogP contribution in [0.25, 0.3) is 0 Å². The molecule has 1 atom stereocenters. The number of aliphatic hydroxyl groups excluding tert-OH is 1. The lowest BCUT2D eigenvalue weighted by Gasteiger charge is -2.26. The lowest BCUT2D eigenvalue weighted by Crippen LogP contribution is -2.26. The molecule has 0 radical (unpaired) electrons. The normalized spacial score (nSPS) is 16.0. The maximum Gasteiger partial charge on any atom is 0.228 e. The first-order valence-electron chi connectivity index (χ1n) is 8.07. The minimum Gasteiger partial charge on any atom is -0.491 e. The van der Waals surface area contributed by atoms with E-state index in [9.17, 15) is 15.2 Å². The Balaban J connectivity index is 2.29. The summed E-state index contributed by atoms with van der Waals surface area (Å²) in [4.78, 5) is 12.3. The Hall–Kier alpha value is -3.24. The summed E-state index contributed by atoms with van der Waals surface area (Å²) in [5.41, 5.74) is 6.12. The topological polar surface area (TPSA) is 119 Å². The lowest BCUT2D eigenvalue weighted by molar-refractivity contribution is 0.228. The van der Waals surface area contributed by atoms with Gasteiger partial charge in [-0.25, -0.2) is 0 Å². The molecule has 7 nitrogen and oxygen atoms in total. The molecule has 2 heterocycles. The average molecular weight is 354 g/mol. The molecule has 0 unspecified atom stereocenters. The molecule has 1 aliphatic rings. The van der Waals surface area contributed by atoms with Crippen LogP contribution in [-0.4, -0.2) is 11.2 Å². The van der Waals surface area contributed by atoms with Crippen LogP contribution in [0.15, 0.2) is 51.0 Å². The third-order valence-corrected chi connectivity index (χ3v) is 3.88. The molecule has 0 fully saturated rings. The van der Waals surface area contributed by atoms with Crippen molar-refractivity contribution < 1.29 is 19.0 Å². The fourth-order valence-electron chi connectivity index (χ4n) is 2.85. The van der Waals surface area contributed by atoms with Gasteiger partial charge in [0.25, 0.3) is 0 Å². The minimum atomic E-state index is -0.780. The van der Waals surface area contributed by atoms with Gasteiger partial charge in [0.1, 0.15) is 29.8 Å². The van der Waals surface area contributed by atoms with Crippen LogP contribution in [0.2, 0.25) is 0 Å². The molecule has 0 amide bonds. The number of aliphatic hydroxyl groups is 1. The monoisotopic (exact) mass is 354 g/mol. The Morgan fingerprint density at radius 2 is 2.12 bits per heavy atom. The molecule has 0 spiro atoms. The molecule has 0 saturated heterocycles. The molecule has 7 heteroatoms. The summed E-state index contributed by atoms with van der Waals surface area (Å²) < 4.78 is 16.9. The van der Waals surface area contributed by atoms with Crippen LogP contribution in [-0.2, 0) is 6.61 Å². The molecular formula is C19H18N2O5.